The first kappa shape index (κ1) is 10.7. The Labute approximate surface area is 90.1 Å². The quantitative estimate of drug-likeness (QED) is 0.706. The normalized spacial score (nSPS) is 27.4. The molecule has 2 heterocycles. The lowest BCUT2D eigenvalue weighted by Crippen LogP contribution is -2.35. The summed E-state index contributed by atoms with van der Waals surface area (Å²) in [6.45, 7) is 5.16. The summed E-state index contributed by atoms with van der Waals surface area (Å²) >= 11 is 0. The van der Waals surface area contributed by atoms with Gasteiger partial charge in [-0.25, -0.2) is 4.79 Å². The molecule has 0 aliphatic carbocycles. The van der Waals surface area contributed by atoms with Crippen molar-refractivity contribution in [2.45, 2.75) is 18.9 Å². The summed E-state index contributed by atoms with van der Waals surface area (Å²) < 4.78 is 5.08. The third-order valence-electron chi connectivity index (χ3n) is 3.10. The number of carbonyl (C=O) groups is 1. The molecule has 1 amide bonds. The molecule has 0 aromatic rings. The zero-order chi connectivity index (χ0) is 10.7. The first-order chi connectivity index (χ1) is 7.29. The predicted octanol–water partition coefficient (Wildman–Crippen LogP) is -0.138. The van der Waals surface area contributed by atoms with Crippen LogP contribution in [0.1, 0.15) is 12.8 Å². The Morgan fingerprint density at radius 1 is 1.33 bits per heavy atom. The van der Waals surface area contributed by atoms with Gasteiger partial charge in [-0.1, -0.05) is 0 Å². The van der Waals surface area contributed by atoms with Gasteiger partial charge >= 0.3 is 6.09 Å². The van der Waals surface area contributed by atoms with Gasteiger partial charge in [-0.2, -0.15) is 0 Å². The molecule has 0 aromatic heterocycles. The van der Waals surface area contributed by atoms with E-state index in [0.29, 0.717) is 13.1 Å². The minimum absolute atomic E-state index is 0.101. The van der Waals surface area contributed by atoms with Crippen LogP contribution in [0.2, 0.25) is 0 Å². The molecule has 2 N–H and O–H groups in total. The van der Waals surface area contributed by atoms with Gasteiger partial charge in [0.25, 0.3) is 0 Å². The van der Waals surface area contributed by atoms with E-state index in [2.05, 4.69) is 4.90 Å². The standard InChI is InChI=1S/C10H19N3O2/c11-7-9-8-13(10(14)15-9)6-5-12-3-1-2-4-12/h9H,1-8,11H2/t9-/m0/s1. The maximum Gasteiger partial charge on any atom is 0.410 e. The van der Waals surface area contributed by atoms with Gasteiger partial charge in [0.1, 0.15) is 6.10 Å². The first-order valence-electron chi connectivity index (χ1n) is 5.67. The summed E-state index contributed by atoms with van der Waals surface area (Å²) in [6.07, 6.45) is 2.27. The van der Waals surface area contributed by atoms with Crippen LogP contribution in [0.15, 0.2) is 0 Å². The van der Waals surface area contributed by atoms with Crippen LogP contribution in [0, 0.1) is 0 Å². The number of hydrogen-bond donors (Lipinski definition) is 1. The molecule has 5 nitrogen and oxygen atoms in total. The Bertz CT molecular complexity index is 229. The van der Waals surface area contributed by atoms with Crippen LogP contribution >= 0.6 is 0 Å². The van der Waals surface area contributed by atoms with E-state index < -0.39 is 0 Å². The van der Waals surface area contributed by atoms with Crippen LogP contribution < -0.4 is 5.73 Å². The molecule has 0 spiro atoms. The predicted molar refractivity (Wildman–Crippen MR) is 56.6 cm³/mol. The Morgan fingerprint density at radius 2 is 2.07 bits per heavy atom. The van der Waals surface area contributed by atoms with Crippen molar-refractivity contribution in [2.24, 2.45) is 5.73 Å². The van der Waals surface area contributed by atoms with Gasteiger partial charge in [0.05, 0.1) is 6.54 Å². The van der Waals surface area contributed by atoms with E-state index in [1.165, 1.54) is 25.9 Å². The van der Waals surface area contributed by atoms with E-state index in [1.807, 2.05) is 0 Å². The summed E-state index contributed by atoms with van der Waals surface area (Å²) in [7, 11) is 0. The van der Waals surface area contributed by atoms with Crippen molar-refractivity contribution < 1.29 is 9.53 Å². The number of hydrogen-bond acceptors (Lipinski definition) is 4. The summed E-state index contributed by atoms with van der Waals surface area (Å²) in [5.41, 5.74) is 5.46. The fourth-order valence-corrected chi connectivity index (χ4v) is 2.15. The zero-order valence-corrected chi connectivity index (χ0v) is 9.02. The maximum atomic E-state index is 11.4. The number of rotatable bonds is 4. The van der Waals surface area contributed by atoms with Crippen molar-refractivity contribution in [3.8, 4) is 0 Å². The lowest BCUT2D eigenvalue weighted by Gasteiger charge is -2.18. The molecule has 0 aromatic carbocycles. The topological polar surface area (TPSA) is 58.8 Å². The van der Waals surface area contributed by atoms with Crippen molar-refractivity contribution in [3.63, 3.8) is 0 Å². The third kappa shape index (κ3) is 2.60. The fourth-order valence-electron chi connectivity index (χ4n) is 2.15. The Balaban J connectivity index is 1.72. The number of cyclic esters (lactones) is 1. The van der Waals surface area contributed by atoms with Gasteiger partial charge in [0.15, 0.2) is 0 Å². The van der Waals surface area contributed by atoms with Crippen molar-refractivity contribution in [3.05, 3.63) is 0 Å². The summed E-state index contributed by atoms with van der Waals surface area (Å²) in [5.74, 6) is 0. The van der Waals surface area contributed by atoms with Crippen LogP contribution in [-0.2, 0) is 4.74 Å². The molecule has 1 atom stereocenters. The van der Waals surface area contributed by atoms with Crippen molar-refractivity contribution in [1.82, 2.24) is 9.80 Å². The van der Waals surface area contributed by atoms with E-state index in [4.69, 9.17) is 10.5 Å². The molecule has 2 aliphatic heterocycles. The first-order valence-corrected chi connectivity index (χ1v) is 5.67. The number of ether oxygens (including phenoxy) is 1. The van der Waals surface area contributed by atoms with Crippen LogP contribution in [0.3, 0.4) is 0 Å². The highest BCUT2D eigenvalue weighted by atomic mass is 16.6. The zero-order valence-electron chi connectivity index (χ0n) is 9.02. The van der Waals surface area contributed by atoms with Gasteiger partial charge in [-0.3, -0.25) is 0 Å². The average Bonchev–Trinajstić information content (AvgIpc) is 2.84. The number of amides is 1. The smallest absolute Gasteiger partial charge is 0.410 e. The fraction of sp³-hybridized carbons (Fsp3) is 0.900. The monoisotopic (exact) mass is 213 g/mol. The van der Waals surface area contributed by atoms with E-state index >= 15 is 0 Å². The molecule has 0 saturated carbocycles. The van der Waals surface area contributed by atoms with Crippen LogP contribution in [-0.4, -0.2) is 61.3 Å². The molecule has 2 rings (SSSR count). The minimum Gasteiger partial charge on any atom is -0.443 e. The minimum atomic E-state index is -0.204. The highest BCUT2D eigenvalue weighted by Gasteiger charge is 2.30. The second-order valence-electron chi connectivity index (χ2n) is 4.24. The van der Waals surface area contributed by atoms with Gasteiger partial charge in [0, 0.05) is 19.6 Å². The third-order valence-corrected chi connectivity index (χ3v) is 3.10. The number of nitrogens with two attached hydrogens (primary N) is 1. The SMILES string of the molecule is NC[C@H]1CN(CCN2CCCC2)C(=O)O1. The highest BCUT2D eigenvalue weighted by molar-refractivity contribution is 5.69. The average molecular weight is 213 g/mol. The Kier molecular flexibility index (Phi) is 3.43. The van der Waals surface area contributed by atoms with Crippen LogP contribution in [0.4, 0.5) is 4.79 Å². The molecular formula is C10H19N3O2. The van der Waals surface area contributed by atoms with E-state index in [-0.39, 0.29) is 12.2 Å². The molecule has 0 radical (unpaired) electrons. The van der Waals surface area contributed by atoms with Crippen molar-refractivity contribution in [1.29, 1.82) is 0 Å². The molecule has 2 saturated heterocycles. The van der Waals surface area contributed by atoms with Crippen molar-refractivity contribution in [2.75, 3.05) is 39.3 Å². The molecular weight excluding hydrogens is 194 g/mol. The van der Waals surface area contributed by atoms with Crippen LogP contribution in [0.25, 0.3) is 0 Å². The molecule has 15 heavy (non-hydrogen) atoms. The number of nitrogens with zero attached hydrogens (tertiary/aromatic N) is 2. The summed E-state index contributed by atoms with van der Waals surface area (Å²) in [6, 6.07) is 0. The van der Waals surface area contributed by atoms with E-state index in [0.717, 1.165) is 13.1 Å². The van der Waals surface area contributed by atoms with Gasteiger partial charge in [-0.15, -0.1) is 0 Å². The Hall–Kier alpha value is -0.810. The van der Waals surface area contributed by atoms with Crippen LogP contribution in [0.5, 0.6) is 0 Å². The largest absolute Gasteiger partial charge is 0.443 e. The summed E-state index contributed by atoms with van der Waals surface area (Å²) in [5, 5.41) is 0. The maximum absolute atomic E-state index is 11.4. The Morgan fingerprint density at radius 3 is 2.67 bits per heavy atom. The molecule has 0 unspecified atom stereocenters. The number of carbonyl (C=O) groups excluding carboxylic acids is 1. The molecule has 0 bridgehead atoms. The highest BCUT2D eigenvalue weighted by Crippen LogP contribution is 2.11. The second kappa shape index (κ2) is 4.81. The second-order valence-corrected chi connectivity index (χ2v) is 4.24. The van der Waals surface area contributed by atoms with E-state index in [9.17, 15) is 4.79 Å². The number of likely N-dealkylation sites (tertiary alicyclic amines) is 1. The molecule has 2 fully saturated rings. The molecule has 5 heteroatoms. The lowest BCUT2D eigenvalue weighted by atomic mass is 10.3. The van der Waals surface area contributed by atoms with Gasteiger partial charge < -0.3 is 20.3 Å². The van der Waals surface area contributed by atoms with Gasteiger partial charge in [-0.05, 0) is 25.9 Å². The molecule has 86 valence electrons. The molecule has 2 aliphatic rings. The van der Waals surface area contributed by atoms with Crippen molar-refractivity contribution >= 4 is 6.09 Å². The van der Waals surface area contributed by atoms with E-state index in [1.54, 1.807) is 4.90 Å². The lowest BCUT2D eigenvalue weighted by molar-refractivity contribution is 0.133. The summed E-state index contributed by atoms with van der Waals surface area (Å²) in [4.78, 5) is 15.5. The van der Waals surface area contributed by atoms with Gasteiger partial charge in [0.2, 0.25) is 0 Å².